The summed E-state index contributed by atoms with van der Waals surface area (Å²) in [5.74, 6) is -0.244. The zero-order valence-electron chi connectivity index (χ0n) is 17.2. The van der Waals surface area contributed by atoms with E-state index >= 15 is 0 Å². The van der Waals surface area contributed by atoms with Crippen molar-refractivity contribution >= 4 is 39.9 Å². The summed E-state index contributed by atoms with van der Waals surface area (Å²) in [6, 6.07) is 13.1. The molecule has 3 heterocycles. The third-order valence-electron chi connectivity index (χ3n) is 6.54. The fourth-order valence-corrected chi connectivity index (χ4v) is 5.18. The van der Waals surface area contributed by atoms with E-state index in [1.165, 1.54) is 0 Å². The van der Waals surface area contributed by atoms with Crippen LogP contribution in [0, 0.1) is 5.92 Å². The van der Waals surface area contributed by atoms with Crippen molar-refractivity contribution in [3.8, 4) is 0 Å². The summed E-state index contributed by atoms with van der Waals surface area (Å²) in [4.78, 5) is 33.0. The lowest BCUT2D eigenvalue weighted by atomic mass is 9.68. The van der Waals surface area contributed by atoms with Crippen LogP contribution in [0.1, 0.15) is 22.8 Å². The second-order valence-corrected chi connectivity index (χ2v) is 8.58. The number of amides is 2. The van der Waals surface area contributed by atoms with Gasteiger partial charge in [-0.3, -0.25) is 14.6 Å². The van der Waals surface area contributed by atoms with Gasteiger partial charge in [0.1, 0.15) is 0 Å². The average Bonchev–Trinajstić information content (AvgIpc) is 3.06. The number of hydrogen-bond donors (Lipinski definition) is 2. The topological polar surface area (TPSA) is 74.3 Å². The number of halogens is 1. The number of fused-ring (bicyclic) bond motifs is 3. The van der Waals surface area contributed by atoms with Gasteiger partial charge in [0.15, 0.2) is 0 Å². The predicted molar refractivity (Wildman–Crippen MR) is 122 cm³/mol. The van der Waals surface area contributed by atoms with Gasteiger partial charge in [0.25, 0.3) is 5.91 Å². The Morgan fingerprint density at radius 1 is 1.23 bits per heavy atom. The Kier molecular flexibility index (Phi) is 4.91. The molecule has 1 fully saturated rings. The normalized spacial score (nSPS) is 22.8. The molecule has 7 heteroatoms. The molecule has 0 bridgehead atoms. The maximum Gasteiger partial charge on any atom is 0.251 e. The van der Waals surface area contributed by atoms with E-state index in [9.17, 15) is 9.59 Å². The zero-order valence-corrected chi connectivity index (χ0v) is 17.9. The van der Waals surface area contributed by atoms with Crippen LogP contribution in [0.4, 0.5) is 5.69 Å². The van der Waals surface area contributed by atoms with E-state index in [1.54, 1.807) is 30.6 Å². The number of nitrogens with one attached hydrogen (secondary N) is 2. The summed E-state index contributed by atoms with van der Waals surface area (Å²) in [6.45, 7) is 4.28. The maximum atomic E-state index is 14.2. The van der Waals surface area contributed by atoms with Crippen LogP contribution in [0.2, 0.25) is 5.02 Å². The summed E-state index contributed by atoms with van der Waals surface area (Å²) in [7, 11) is 0. The second kappa shape index (κ2) is 7.62. The molecule has 2 aliphatic rings. The molecule has 2 amide bonds. The Morgan fingerprint density at radius 3 is 2.90 bits per heavy atom. The highest BCUT2D eigenvalue weighted by Gasteiger charge is 2.58. The number of nitrogens with zero attached hydrogens (tertiary/aromatic N) is 2. The third-order valence-corrected chi connectivity index (χ3v) is 6.78. The molecule has 3 aromatic rings. The van der Waals surface area contributed by atoms with Gasteiger partial charge in [0.2, 0.25) is 5.91 Å². The molecule has 0 radical (unpaired) electrons. The van der Waals surface area contributed by atoms with Crippen molar-refractivity contribution in [1.82, 2.24) is 15.6 Å². The van der Waals surface area contributed by atoms with Crippen molar-refractivity contribution in [3.63, 3.8) is 0 Å². The molecule has 2 aliphatic heterocycles. The lowest BCUT2D eigenvalue weighted by Crippen LogP contribution is -2.55. The largest absolute Gasteiger partial charge is 0.351 e. The number of benzene rings is 2. The summed E-state index contributed by atoms with van der Waals surface area (Å²) < 4.78 is 0. The van der Waals surface area contributed by atoms with E-state index in [4.69, 9.17) is 11.6 Å². The van der Waals surface area contributed by atoms with E-state index in [-0.39, 0.29) is 24.3 Å². The highest BCUT2D eigenvalue weighted by atomic mass is 35.5. The minimum atomic E-state index is -0.882. The van der Waals surface area contributed by atoms with E-state index < -0.39 is 5.41 Å². The molecule has 0 aliphatic carbocycles. The van der Waals surface area contributed by atoms with Gasteiger partial charge in [0.05, 0.1) is 17.3 Å². The Labute approximate surface area is 185 Å². The molecule has 158 valence electrons. The van der Waals surface area contributed by atoms with Crippen LogP contribution in [0.25, 0.3) is 10.8 Å². The number of hydrogen-bond acceptors (Lipinski definition) is 4. The Bertz CT molecular complexity index is 1190. The van der Waals surface area contributed by atoms with Crippen molar-refractivity contribution in [1.29, 1.82) is 0 Å². The molecule has 2 atom stereocenters. The van der Waals surface area contributed by atoms with Crippen LogP contribution in [0.3, 0.4) is 0 Å². The molecule has 0 unspecified atom stereocenters. The monoisotopic (exact) mass is 434 g/mol. The Hall–Kier alpha value is -2.96. The van der Waals surface area contributed by atoms with Crippen LogP contribution >= 0.6 is 11.6 Å². The lowest BCUT2D eigenvalue weighted by Gasteiger charge is -2.38. The maximum absolute atomic E-state index is 14.2. The predicted octanol–water partition coefficient (Wildman–Crippen LogP) is 3.14. The van der Waals surface area contributed by atoms with Gasteiger partial charge in [-0.15, -0.1) is 0 Å². The molecule has 0 saturated carbocycles. The fraction of sp³-hybridized carbons (Fsp3) is 0.292. The SMILES string of the molecule is CCNC[C@H]1CN(c2cncc3ccccc23)C(=O)[C@@]12CNC(=O)c1ccc(Cl)cc12. The van der Waals surface area contributed by atoms with E-state index in [2.05, 4.69) is 15.6 Å². The van der Waals surface area contributed by atoms with Crippen molar-refractivity contribution in [3.05, 3.63) is 71.0 Å². The molecule has 1 spiro atoms. The van der Waals surface area contributed by atoms with E-state index in [0.29, 0.717) is 29.2 Å². The van der Waals surface area contributed by atoms with E-state index in [0.717, 1.165) is 23.0 Å². The first-order valence-electron chi connectivity index (χ1n) is 10.5. The van der Waals surface area contributed by atoms with Crippen molar-refractivity contribution in [2.24, 2.45) is 5.92 Å². The van der Waals surface area contributed by atoms with Gasteiger partial charge in [0, 0.05) is 53.1 Å². The molecule has 2 aromatic carbocycles. The first kappa shape index (κ1) is 20.0. The molecule has 2 N–H and O–H groups in total. The number of aromatic nitrogens is 1. The van der Waals surface area contributed by atoms with Crippen LogP contribution in [-0.2, 0) is 10.2 Å². The number of anilines is 1. The number of rotatable bonds is 4. The van der Waals surface area contributed by atoms with Gasteiger partial charge >= 0.3 is 0 Å². The van der Waals surface area contributed by atoms with Gasteiger partial charge in [-0.2, -0.15) is 0 Å². The van der Waals surface area contributed by atoms with Crippen LogP contribution in [0.15, 0.2) is 54.9 Å². The summed E-state index contributed by atoms with van der Waals surface area (Å²) in [5.41, 5.74) is 1.14. The zero-order chi connectivity index (χ0) is 21.6. The molecule has 6 nitrogen and oxygen atoms in total. The van der Waals surface area contributed by atoms with Gasteiger partial charge in [-0.05, 0) is 30.3 Å². The Balaban J connectivity index is 1.69. The quantitative estimate of drug-likeness (QED) is 0.661. The summed E-state index contributed by atoms with van der Waals surface area (Å²) >= 11 is 6.34. The second-order valence-electron chi connectivity index (χ2n) is 8.14. The minimum Gasteiger partial charge on any atom is -0.351 e. The first-order valence-corrected chi connectivity index (χ1v) is 10.9. The first-order chi connectivity index (χ1) is 15.1. The summed E-state index contributed by atoms with van der Waals surface area (Å²) in [6.07, 6.45) is 3.56. The molecular formula is C24H23ClN4O2. The Morgan fingerprint density at radius 2 is 2.06 bits per heavy atom. The van der Waals surface area contributed by atoms with Gasteiger partial charge in [-0.1, -0.05) is 42.8 Å². The fourth-order valence-electron chi connectivity index (χ4n) is 5.00. The molecule has 1 aromatic heterocycles. The molecule has 5 rings (SSSR count). The van der Waals surface area contributed by atoms with Crippen molar-refractivity contribution in [2.45, 2.75) is 12.3 Å². The van der Waals surface area contributed by atoms with E-state index in [1.807, 2.05) is 36.1 Å². The van der Waals surface area contributed by atoms with Crippen molar-refractivity contribution < 1.29 is 9.59 Å². The molecular weight excluding hydrogens is 412 g/mol. The third kappa shape index (κ3) is 3.01. The smallest absolute Gasteiger partial charge is 0.251 e. The summed E-state index contributed by atoms with van der Waals surface area (Å²) in [5, 5.41) is 8.86. The van der Waals surface area contributed by atoms with Gasteiger partial charge in [-0.25, -0.2) is 0 Å². The molecule has 31 heavy (non-hydrogen) atoms. The molecule has 1 saturated heterocycles. The van der Waals surface area contributed by atoms with Crippen molar-refractivity contribution in [2.75, 3.05) is 31.1 Å². The average molecular weight is 435 g/mol. The minimum absolute atomic E-state index is 0.0305. The highest BCUT2D eigenvalue weighted by molar-refractivity contribution is 6.31. The van der Waals surface area contributed by atoms with Crippen LogP contribution in [-0.4, -0.2) is 43.0 Å². The number of pyridine rings is 1. The van der Waals surface area contributed by atoms with Crippen LogP contribution in [0.5, 0.6) is 0 Å². The lowest BCUT2D eigenvalue weighted by molar-refractivity contribution is -0.122. The standard InChI is InChI=1S/C24H23ClN4O2/c1-2-26-11-16-13-29(21-12-27-10-15-5-3-4-6-18(15)21)23(31)24(16)14-28-22(30)19-8-7-17(25)9-20(19)24/h3-10,12,16,26H,2,11,13-14H2,1H3,(H,28,30)/t16-,24-/m0/s1. The highest BCUT2D eigenvalue weighted by Crippen LogP contribution is 2.46. The van der Waals surface area contributed by atoms with Gasteiger partial charge < -0.3 is 15.5 Å². The number of carbonyl (C=O) groups excluding carboxylic acids is 2. The number of carbonyl (C=O) groups is 2. The van der Waals surface area contributed by atoms with Crippen LogP contribution < -0.4 is 15.5 Å².